The van der Waals surface area contributed by atoms with E-state index in [4.69, 9.17) is 0 Å². The molecule has 0 unspecified atom stereocenters. The van der Waals surface area contributed by atoms with Crippen LogP contribution in [0.2, 0.25) is 0 Å². The molecule has 2 aromatic rings. The minimum Gasteiger partial charge on any atom is -0.324 e. The fraction of sp³-hybridized carbons (Fsp3) is 0.158. The summed E-state index contributed by atoms with van der Waals surface area (Å²) in [5, 5.41) is 4.82. The van der Waals surface area contributed by atoms with Gasteiger partial charge in [0.25, 0.3) is 0 Å². The van der Waals surface area contributed by atoms with Crippen molar-refractivity contribution in [2.45, 2.75) is 4.90 Å². The zero-order valence-corrected chi connectivity index (χ0v) is 15.4. The van der Waals surface area contributed by atoms with E-state index in [-0.39, 0.29) is 18.4 Å². The Balaban J connectivity index is 1.74. The van der Waals surface area contributed by atoms with Gasteiger partial charge in [-0.05, 0) is 35.4 Å². The average molecular weight is 370 g/mol. The van der Waals surface area contributed by atoms with Crippen LogP contribution in [0.1, 0.15) is 5.56 Å². The molecule has 0 aromatic heterocycles. The number of rotatable bonds is 5. The number of thioether (sulfide) groups is 2. The third-order valence-electron chi connectivity index (χ3n) is 3.72. The molecule has 25 heavy (non-hydrogen) atoms. The fourth-order valence-electron chi connectivity index (χ4n) is 2.52. The zero-order valence-electron chi connectivity index (χ0n) is 13.8. The van der Waals surface area contributed by atoms with Crippen molar-refractivity contribution in [3.8, 4) is 0 Å². The first-order valence-electron chi connectivity index (χ1n) is 7.79. The molecular weight excluding hydrogens is 352 g/mol. The van der Waals surface area contributed by atoms with E-state index in [2.05, 4.69) is 5.32 Å². The van der Waals surface area contributed by atoms with Gasteiger partial charge >= 0.3 is 0 Å². The maximum atomic E-state index is 12.5. The van der Waals surface area contributed by atoms with E-state index in [1.54, 1.807) is 16.7 Å². The molecule has 1 heterocycles. The second kappa shape index (κ2) is 8.27. The Bertz CT molecular complexity index is 806. The van der Waals surface area contributed by atoms with Crippen LogP contribution in [0.25, 0.3) is 5.70 Å². The van der Waals surface area contributed by atoms with Crippen LogP contribution in [-0.4, -0.2) is 35.3 Å². The SMILES string of the molecule is CSc1cccc(NC(=O)CN2C(=O)CSC=C2c2ccccc2)c1. The molecule has 128 valence electrons. The Morgan fingerprint density at radius 3 is 2.76 bits per heavy atom. The highest BCUT2D eigenvalue weighted by Gasteiger charge is 2.25. The molecule has 0 aliphatic carbocycles. The molecule has 4 nitrogen and oxygen atoms in total. The van der Waals surface area contributed by atoms with Gasteiger partial charge in [0.15, 0.2) is 0 Å². The molecular formula is C19H18N2O2S2. The third-order valence-corrected chi connectivity index (χ3v) is 5.25. The third kappa shape index (κ3) is 4.46. The van der Waals surface area contributed by atoms with Crippen molar-refractivity contribution in [1.82, 2.24) is 4.90 Å². The summed E-state index contributed by atoms with van der Waals surface area (Å²) in [6.45, 7) is 0.00359. The summed E-state index contributed by atoms with van der Waals surface area (Å²) in [4.78, 5) is 27.4. The van der Waals surface area contributed by atoms with E-state index in [0.29, 0.717) is 5.75 Å². The minimum atomic E-state index is -0.208. The van der Waals surface area contributed by atoms with Crippen LogP contribution in [0.4, 0.5) is 5.69 Å². The van der Waals surface area contributed by atoms with Crippen molar-refractivity contribution < 1.29 is 9.59 Å². The summed E-state index contributed by atoms with van der Waals surface area (Å²) in [6.07, 6.45) is 1.99. The molecule has 1 aliphatic rings. The van der Waals surface area contributed by atoms with E-state index >= 15 is 0 Å². The molecule has 0 spiro atoms. The Labute approximate surface area is 155 Å². The van der Waals surface area contributed by atoms with Crippen LogP contribution in [0.3, 0.4) is 0 Å². The van der Waals surface area contributed by atoms with Gasteiger partial charge in [-0.3, -0.25) is 9.59 Å². The smallest absolute Gasteiger partial charge is 0.244 e. The quantitative estimate of drug-likeness (QED) is 0.811. The van der Waals surface area contributed by atoms with Crippen molar-refractivity contribution >= 4 is 46.7 Å². The molecule has 1 N–H and O–H groups in total. The van der Waals surface area contributed by atoms with Gasteiger partial charge in [-0.15, -0.1) is 23.5 Å². The highest BCUT2D eigenvalue weighted by Crippen LogP contribution is 2.28. The van der Waals surface area contributed by atoms with E-state index in [9.17, 15) is 9.59 Å². The summed E-state index contributed by atoms with van der Waals surface area (Å²) >= 11 is 3.07. The Morgan fingerprint density at radius 1 is 1.20 bits per heavy atom. The molecule has 0 bridgehead atoms. The monoisotopic (exact) mass is 370 g/mol. The van der Waals surface area contributed by atoms with E-state index < -0.39 is 0 Å². The standard InChI is InChI=1S/C19H18N2O2S2/c1-24-16-9-5-8-15(10-16)20-18(22)11-21-17(12-25-13-19(21)23)14-6-3-2-4-7-14/h2-10,12H,11,13H2,1H3,(H,20,22). The van der Waals surface area contributed by atoms with Gasteiger partial charge in [0.1, 0.15) is 6.54 Å². The van der Waals surface area contributed by atoms with Crippen molar-refractivity contribution in [2.75, 3.05) is 23.9 Å². The van der Waals surface area contributed by atoms with Gasteiger partial charge in [0, 0.05) is 10.6 Å². The van der Waals surface area contributed by atoms with Crippen LogP contribution >= 0.6 is 23.5 Å². The summed E-state index contributed by atoms with van der Waals surface area (Å²) in [7, 11) is 0. The molecule has 3 rings (SSSR count). The van der Waals surface area contributed by atoms with E-state index in [1.807, 2.05) is 66.3 Å². The summed E-state index contributed by atoms with van der Waals surface area (Å²) < 4.78 is 0. The molecule has 0 saturated heterocycles. The number of nitrogens with one attached hydrogen (secondary N) is 1. The van der Waals surface area contributed by atoms with Crippen molar-refractivity contribution in [1.29, 1.82) is 0 Å². The Kier molecular flexibility index (Phi) is 5.83. The largest absolute Gasteiger partial charge is 0.324 e. The number of carbonyl (C=O) groups is 2. The van der Waals surface area contributed by atoms with Crippen LogP contribution in [0.15, 0.2) is 64.9 Å². The number of amides is 2. The van der Waals surface area contributed by atoms with Gasteiger partial charge < -0.3 is 10.2 Å². The number of benzene rings is 2. The summed E-state index contributed by atoms with van der Waals surface area (Å²) in [5.74, 6) is 0.0886. The molecule has 2 aromatic carbocycles. The van der Waals surface area contributed by atoms with Gasteiger partial charge in [0.2, 0.25) is 11.8 Å². The molecule has 1 aliphatic heterocycles. The molecule has 0 saturated carbocycles. The van der Waals surface area contributed by atoms with Crippen LogP contribution < -0.4 is 5.32 Å². The lowest BCUT2D eigenvalue weighted by Gasteiger charge is -2.28. The lowest BCUT2D eigenvalue weighted by Crippen LogP contribution is -2.39. The predicted octanol–water partition coefficient (Wildman–Crippen LogP) is 3.92. The number of carbonyl (C=O) groups excluding carboxylic acids is 2. The first-order chi connectivity index (χ1) is 12.2. The fourth-order valence-corrected chi connectivity index (χ4v) is 3.78. The second-order valence-corrected chi connectivity index (χ2v) is 7.18. The lowest BCUT2D eigenvalue weighted by molar-refractivity contribution is -0.129. The van der Waals surface area contributed by atoms with Crippen LogP contribution in [-0.2, 0) is 9.59 Å². The topological polar surface area (TPSA) is 49.4 Å². The van der Waals surface area contributed by atoms with Crippen molar-refractivity contribution in [2.24, 2.45) is 0 Å². The number of nitrogens with zero attached hydrogens (tertiary/aromatic N) is 1. The highest BCUT2D eigenvalue weighted by molar-refractivity contribution is 8.03. The first kappa shape index (κ1) is 17.6. The minimum absolute atomic E-state index is 0.00359. The normalized spacial score (nSPS) is 14.2. The number of hydrogen-bond donors (Lipinski definition) is 1. The summed E-state index contributed by atoms with van der Waals surface area (Å²) in [5.41, 5.74) is 2.44. The van der Waals surface area contributed by atoms with Gasteiger partial charge in [0.05, 0.1) is 11.4 Å². The van der Waals surface area contributed by atoms with Crippen molar-refractivity contribution in [3.05, 3.63) is 65.6 Å². The van der Waals surface area contributed by atoms with Crippen molar-refractivity contribution in [3.63, 3.8) is 0 Å². The zero-order chi connectivity index (χ0) is 17.6. The first-order valence-corrected chi connectivity index (χ1v) is 10.1. The van der Waals surface area contributed by atoms with Crippen LogP contribution in [0.5, 0.6) is 0 Å². The van der Waals surface area contributed by atoms with Gasteiger partial charge in [-0.1, -0.05) is 36.4 Å². The van der Waals surface area contributed by atoms with Crippen LogP contribution in [0, 0.1) is 0 Å². The van der Waals surface area contributed by atoms with Gasteiger partial charge in [-0.2, -0.15) is 0 Å². The Hall–Kier alpha value is -2.18. The van der Waals surface area contributed by atoms with E-state index in [0.717, 1.165) is 21.8 Å². The maximum Gasteiger partial charge on any atom is 0.244 e. The number of hydrogen-bond acceptors (Lipinski definition) is 4. The molecule has 0 atom stereocenters. The molecule has 2 amide bonds. The van der Waals surface area contributed by atoms with Gasteiger partial charge in [-0.25, -0.2) is 0 Å². The van der Waals surface area contributed by atoms with E-state index in [1.165, 1.54) is 11.8 Å². The highest BCUT2D eigenvalue weighted by atomic mass is 32.2. The Morgan fingerprint density at radius 2 is 2.00 bits per heavy atom. The molecule has 6 heteroatoms. The summed E-state index contributed by atoms with van der Waals surface area (Å²) in [6, 6.07) is 17.3. The predicted molar refractivity (Wildman–Crippen MR) is 105 cm³/mol. The average Bonchev–Trinajstić information content (AvgIpc) is 2.64. The lowest BCUT2D eigenvalue weighted by atomic mass is 10.1. The second-order valence-electron chi connectivity index (χ2n) is 5.44. The maximum absolute atomic E-state index is 12.5. The number of anilines is 1. The molecule has 0 radical (unpaired) electrons. The molecule has 0 fully saturated rings.